The molecule has 0 spiro atoms. The number of para-hydroxylation sites is 1. The molecule has 23 heavy (non-hydrogen) atoms. The van der Waals surface area contributed by atoms with Crippen LogP contribution in [0.2, 0.25) is 0 Å². The summed E-state index contributed by atoms with van der Waals surface area (Å²) < 4.78 is 6.93. The van der Waals surface area contributed by atoms with E-state index in [4.69, 9.17) is 4.74 Å². The molecule has 0 saturated carbocycles. The van der Waals surface area contributed by atoms with E-state index in [1.165, 1.54) is 4.68 Å². The lowest BCUT2D eigenvalue weighted by atomic mass is 10.00. The summed E-state index contributed by atoms with van der Waals surface area (Å²) in [7, 11) is 0. The molecule has 5 heteroatoms. The first-order chi connectivity index (χ1) is 11.2. The molecule has 0 radical (unpaired) electrons. The van der Waals surface area contributed by atoms with Gasteiger partial charge in [-0.25, -0.2) is 9.48 Å². The highest BCUT2D eigenvalue weighted by Crippen LogP contribution is 2.35. The fourth-order valence-corrected chi connectivity index (χ4v) is 2.99. The highest BCUT2D eigenvalue weighted by atomic mass is 16.5. The number of benzene rings is 2. The third kappa shape index (κ3) is 2.01. The number of cyclic esters (lactones) is 1. The predicted molar refractivity (Wildman–Crippen MR) is 84.8 cm³/mol. The van der Waals surface area contributed by atoms with Gasteiger partial charge in [0.1, 0.15) is 0 Å². The first-order valence-electron chi connectivity index (χ1n) is 7.33. The second-order valence-electron chi connectivity index (χ2n) is 5.50. The summed E-state index contributed by atoms with van der Waals surface area (Å²) in [6, 6.07) is 16.5. The van der Waals surface area contributed by atoms with E-state index in [0.29, 0.717) is 16.8 Å². The Hall–Kier alpha value is -3.08. The lowest BCUT2D eigenvalue weighted by Crippen LogP contribution is -2.20. The van der Waals surface area contributed by atoms with Gasteiger partial charge in [-0.2, -0.15) is 0 Å². The lowest BCUT2D eigenvalue weighted by Gasteiger charge is -2.08. The van der Waals surface area contributed by atoms with E-state index in [9.17, 15) is 9.59 Å². The van der Waals surface area contributed by atoms with Crippen LogP contribution in [0.1, 0.15) is 33.3 Å². The second kappa shape index (κ2) is 4.98. The van der Waals surface area contributed by atoms with Crippen LogP contribution in [0, 0.1) is 6.92 Å². The van der Waals surface area contributed by atoms with Crippen molar-refractivity contribution >= 4 is 5.97 Å². The third-order valence-electron chi connectivity index (χ3n) is 4.08. The summed E-state index contributed by atoms with van der Waals surface area (Å²) in [5.41, 5.74) is 2.94. The molecule has 114 valence electrons. The van der Waals surface area contributed by atoms with Crippen molar-refractivity contribution in [3.05, 3.63) is 87.3 Å². The fraction of sp³-hybridized carbons (Fsp3) is 0.111. The van der Waals surface area contributed by atoms with Gasteiger partial charge >= 0.3 is 5.97 Å². The van der Waals surface area contributed by atoms with Gasteiger partial charge in [-0.05, 0) is 25.1 Å². The summed E-state index contributed by atoms with van der Waals surface area (Å²) in [6.07, 6.45) is -0.660. The number of esters is 1. The molecule has 0 aliphatic carbocycles. The zero-order chi connectivity index (χ0) is 16.0. The minimum Gasteiger partial charge on any atom is -0.449 e. The minimum atomic E-state index is -0.660. The number of aromatic amines is 1. The zero-order valence-corrected chi connectivity index (χ0v) is 12.4. The molecule has 1 N–H and O–H groups in total. The van der Waals surface area contributed by atoms with Crippen LogP contribution in [0.15, 0.2) is 59.4 Å². The Morgan fingerprint density at radius 2 is 1.70 bits per heavy atom. The van der Waals surface area contributed by atoms with Crippen molar-refractivity contribution in [2.45, 2.75) is 13.0 Å². The van der Waals surface area contributed by atoms with Crippen molar-refractivity contribution < 1.29 is 9.53 Å². The van der Waals surface area contributed by atoms with Crippen molar-refractivity contribution in [1.29, 1.82) is 0 Å². The molecule has 2 heterocycles. The number of ether oxygens (including phenoxy) is 1. The highest BCUT2D eigenvalue weighted by molar-refractivity contribution is 5.94. The van der Waals surface area contributed by atoms with E-state index < -0.39 is 12.1 Å². The van der Waals surface area contributed by atoms with E-state index in [0.717, 1.165) is 11.3 Å². The minimum absolute atomic E-state index is 0.205. The average Bonchev–Trinajstić information content (AvgIpc) is 3.06. The van der Waals surface area contributed by atoms with E-state index >= 15 is 0 Å². The van der Waals surface area contributed by atoms with E-state index in [1.807, 2.05) is 49.4 Å². The number of nitrogens with zero attached hydrogens (tertiary/aromatic N) is 1. The van der Waals surface area contributed by atoms with Crippen LogP contribution in [0.4, 0.5) is 0 Å². The molecule has 1 aliphatic rings. The van der Waals surface area contributed by atoms with Gasteiger partial charge < -0.3 is 4.74 Å². The first kappa shape index (κ1) is 13.6. The standard InChI is InChI=1S/C18H14N2O3/c1-11-15(16-13-9-5-6-10-14(13)18(22)23-16)17(21)20(19-11)12-7-3-2-4-8-12/h2-10,16,19H,1H3. The smallest absolute Gasteiger partial charge is 0.339 e. The van der Waals surface area contributed by atoms with Gasteiger partial charge in [-0.3, -0.25) is 9.89 Å². The lowest BCUT2D eigenvalue weighted by molar-refractivity contribution is 0.0453. The number of nitrogens with one attached hydrogen (secondary N) is 1. The zero-order valence-electron chi connectivity index (χ0n) is 12.4. The fourth-order valence-electron chi connectivity index (χ4n) is 2.99. The number of hydrogen-bond donors (Lipinski definition) is 1. The molecule has 0 bridgehead atoms. The Labute approximate surface area is 132 Å². The number of rotatable bonds is 2. The Kier molecular flexibility index (Phi) is 2.94. The first-order valence-corrected chi connectivity index (χ1v) is 7.33. The molecule has 0 fully saturated rings. The molecule has 5 nitrogen and oxygen atoms in total. The molecule has 4 rings (SSSR count). The second-order valence-corrected chi connectivity index (χ2v) is 5.50. The number of H-pyrrole nitrogens is 1. The molecule has 1 aromatic heterocycles. The van der Waals surface area contributed by atoms with Crippen LogP contribution in [-0.4, -0.2) is 15.7 Å². The number of fused-ring (bicyclic) bond motifs is 1. The molecule has 1 aliphatic heterocycles. The summed E-state index contributed by atoms with van der Waals surface area (Å²) in [6.45, 7) is 1.81. The number of aromatic nitrogens is 2. The number of carbonyl (C=O) groups excluding carboxylic acids is 1. The highest BCUT2D eigenvalue weighted by Gasteiger charge is 2.35. The summed E-state index contributed by atoms with van der Waals surface area (Å²) in [4.78, 5) is 24.8. The van der Waals surface area contributed by atoms with Crippen LogP contribution in [0.25, 0.3) is 5.69 Å². The largest absolute Gasteiger partial charge is 0.449 e. The van der Waals surface area contributed by atoms with E-state index in [-0.39, 0.29) is 5.56 Å². The quantitative estimate of drug-likeness (QED) is 0.740. The van der Waals surface area contributed by atoms with Crippen molar-refractivity contribution in [3.63, 3.8) is 0 Å². The van der Waals surface area contributed by atoms with Gasteiger partial charge in [0.05, 0.1) is 16.8 Å². The molecule has 1 unspecified atom stereocenters. The van der Waals surface area contributed by atoms with Crippen molar-refractivity contribution in [2.24, 2.45) is 0 Å². The van der Waals surface area contributed by atoms with Crippen LogP contribution < -0.4 is 5.56 Å². The van der Waals surface area contributed by atoms with Gasteiger partial charge in [0.15, 0.2) is 6.10 Å². The van der Waals surface area contributed by atoms with Crippen LogP contribution >= 0.6 is 0 Å². The van der Waals surface area contributed by atoms with E-state index in [2.05, 4.69) is 5.10 Å². The van der Waals surface area contributed by atoms with Crippen molar-refractivity contribution in [1.82, 2.24) is 9.78 Å². The van der Waals surface area contributed by atoms with Crippen molar-refractivity contribution in [3.8, 4) is 5.69 Å². The monoisotopic (exact) mass is 306 g/mol. The number of carbonyl (C=O) groups is 1. The van der Waals surface area contributed by atoms with Gasteiger partial charge in [-0.1, -0.05) is 36.4 Å². The summed E-state index contributed by atoms with van der Waals surface area (Å²) >= 11 is 0. The Bertz CT molecular complexity index is 954. The predicted octanol–water partition coefficient (Wildman–Crippen LogP) is 2.73. The normalized spacial score (nSPS) is 16.2. The van der Waals surface area contributed by atoms with Crippen LogP contribution in [-0.2, 0) is 4.74 Å². The average molecular weight is 306 g/mol. The summed E-state index contributed by atoms with van der Waals surface area (Å²) in [5, 5.41) is 3.06. The van der Waals surface area contributed by atoms with Crippen LogP contribution in [0.5, 0.6) is 0 Å². The van der Waals surface area contributed by atoms with Gasteiger partial charge in [0.2, 0.25) is 0 Å². The van der Waals surface area contributed by atoms with Gasteiger partial charge in [0, 0.05) is 11.3 Å². The summed E-state index contributed by atoms with van der Waals surface area (Å²) in [5.74, 6) is -0.392. The van der Waals surface area contributed by atoms with E-state index in [1.54, 1.807) is 12.1 Å². The maximum Gasteiger partial charge on any atom is 0.339 e. The molecular weight excluding hydrogens is 292 g/mol. The maximum absolute atomic E-state index is 12.8. The molecule has 3 aromatic rings. The number of aryl methyl sites for hydroxylation is 1. The maximum atomic E-state index is 12.8. The van der Waals surface area contributed by atoms with Crippen molar-refractivity contribution in [2.75, 3.05) is 0 Å². The molecule has 0 saturated heterocycles. The topological polar surface area (TPSA) is 64.1 Å². The third-order valence-corrected chi connectivity index (χ3v) is 4.08. The molecule has 0 amide bonds. The molecule has 2 aromatic carbocycles. The Morgan fingerprint density at radius 3 is 2.48 bits per heavy atom. The molecule has 1 atom stereocenters. The number of hydrogen-bond acceptors (Lipinski definition) is 3. The molecular formula is C18H14N2O3. The van der Waals surface area contributed by atoms with Gasteiger partial charge in [0.25, 0.3) is 5.56 Å². The Morgan fingerprint density at radius 1 is 1.00 bits per heavy atom. The SMILES string of the molecule is Cc1[nH]n(-c2ccccc2)c(=O)c1C1OC(=O)c2ccccc21. The Balaban J connectivity index is 1.88. The van der Waals surface area contributed by atoms with Gasteiger partial charge in [-0.15, -0.1) is 0 Å². The van der Waals surface area contributed by atoms with Crippen LogP contribution in [0.3, 0.4) is 0 Å².